The van der Waals surface area contributed by atoms with Crippen LogP contribution in [0.3, 0.4) is 0 Å². The molecule has 7 heteroatoms. The van der Waals surface area contributed by atoms with E-state index in [-0.39, 0.29) is 11.7 Å². The summed E-state index contributed by atoms with van der Waals surface area (Å²) < 4.78 is 2.15. The first-order valence-corrected chi connectivity index (χ1v) is 13.0. The van der Waals surface area contributed by atoms with Gasteiger partial charge in [0.2, 0.25) is 5.91 Å². The molecule has 0 spiro atoms. The molecule has 5 nitrogen and oxygen atoms in total. The molecule has 5 rings (SSSR count). The van der Waals surface area contributed by atoms with Crippen LogP contribution in [0.1, 0.15) is 16.3 Å². The zero-order valence-electron chi connectivity index (χ0n) is 18.6. The van der Waals surface area contributed by atoms with Gasteiger partial charge in [-0.05, 0) is 46.3 Å². The largest absolute Gasteiger partial charge is 0.325 e. The van der Waals surface area contributed by atoms with E-state index < -0.39 is 0 Å². The van der Waals surface area contributed by atoms with Gasteiger partial charge in [-0.25, -0.2) is 0 Å². The average Bonchev–Trinajstić information content (AvgIpc) is 3.52. The lowest BCUT2D eigenvalue weighted by atomic mass is 10.1. The Bertz CT molecular complexity index is 1380. The van der Waals surface area contributed by atoms with E-state index in [0.29, 0.717) is 0 Å². The molecule has 0 aliphatic heterocycles. The first-order valence-electron chi connectivity index (χ1n) is 11.1. The number of anilines is 1. The number of carbonyl (C=O) groups is 1. The van der Waals surface area contributed by atoms with Crippen LogP contribution < -0.4 is 5.32 Å². The highest BCUT2D eigenvalue weighted by atomic mass is 32.2. The summed E-state index contributed by atoms with van der Waals surface area (Å²) in [6.07, 6.45) is 1.62. The molecule has 0 aliphatic carbocycles. The Balaban J connectivity index is 1.27. The van der Waals surface area contributed by atoms with Crippen molar-refractivity contribution in [3.8, 4) is 0 Å². The molecule has 0 unspecified atom stereocenters. The Morgan fingerprint density at radius 2 is 1.74 bits per heavy atom. The second-order valence-corrected chi connectivity index (χ2v) is 9.92. The number of rotatable bonds is 9. The second kappa shape index (κ2) is 10.7. The molecule has 5 aromatic rings. The number of benzene rings is 3. The zero-order valence-corrected chi connectivity index (χ0v) is 20.2. The fourth-order valence-electron chi connectivity index (χ4n) is 3.83. The number of thiophene rings is 1. The number of aryl methyl sites for hydroxylation is 1. The van der Waals surface area contributed by atoms with E-state index in [1.54, 1.807) is 11.3 Å². The summed E-state index contributed by atoms with van der Waals surface area (Å²) in [6, 6.07) is 28.7. The number of fused-ring (bicyclic) bond motifs is 1. The van der Waals surface area contributed by atoms with Gasteiger partial charge in [-0.15, -0.1) is 21.5 Å². The minimum absolute atomic E-state index is 0.0577. The van der Waals surface area contributed by atoms with Crippen molar-refractivity contribution in [1.82, 2.24) is 14.8 Å². The lowest BCUT2D eigenvalue weighted by Gasteiger charge is -2.10. The molecule has 170 valence electrons. The lowest BCUT2D eigenvalue weighted by molar-refractivity contribution is -0.113. The molecule has 34 heavy (non-hydrogen) atoms. The highest BCUT2D eigenvalue weighted by Crippen LogP contribution is 2.23. The van der Waals surface area contributed by atoms with Crippen molar-refractivity contribution in [3.63, 3.8) is 0 Å². The van der Waals surface area contributed by atoms with Crippen molar-refractivity contribution >= 4 is 45.5 Å². The number of hydrogen-bond donors (Lipinski definition) is 1. The number of hydrogen-bond acceptors (Lipinski definition) is 5. The number of nitrogens with one attached hydrogen (secondary N) is 1. The van der Waals surface area contributed by atoms with Crippen molar-refractivity contribution < 1.29 is 4.79 Å². The van der Waals surface area contributed by atoms with Gasteiger partial charge < -0.3 is 9.88 Å². The average molecular weight is 485 g/mol. The second-order valence-electron chi connectivity index (χ2n) is 7.94. The Morgan fingerprint density at radius 3 is 2.56 bits per heavy atom. The van der Waals surface area contributed by atoms with Crippen LogP contribution >= 0.6 is 23.1 Å². The minimum atomic E-state index is -0.0577. The Kier molecular flexibility index (Phi) is 7.02. The van der Waals surface area contributed by atoms with Crippen LogP contribution in [0.5, 0.6) is 0 Å². The third kappa shape index (κ3) is 5.55. The summed E-state index contributed by atoms with van der Waals surface area (Å²) in [5, 5.41) is 17.0. The van der Waals surface area contributed by atoms with Gasteiger partial charge in [-0.2, -0.15) is 0 Å². The molecule has 2 heterocycles. The summed E-state index contributed by atoms with van der Waals surface area (Å²) in [4.78, 5) is 13.9. The highest BCUT2D eigenvalue weighted by Gasteiger charge is 2.15. The first kappa shape index (κ1) is 22.4. The van der Waals surface area contributed by atoms with Crippen LogP contribution in [0.15, 0.2) is 95.5 Å². The summed E-state index contributed by atoms with van der Waals surface area (Å²) in [5.74, 6) is 1.14. The molecule has 0 saturated heterocycles. The first-order chi connectivity index (χ1) is 16.7. The Morgan fingerprint density at radius 1 is 0.912 bits per heavy atom. The molecule has 3 aromatic carbocycles. The van der Waals surface area contributed by atoms with Crippen LogP contribution in [0, 0.1) is 0 Å². The quantitative estimate of drug-likeness (QED) is 0.259. The van der Waals surface area contributed by atoms with Crippen LogP contribution in [0.2, 0.25) is 0 Å². The van der Waals surface area contributed by atoms with Crippen molar-refractivity contribution in [2.45, 2.75) is 24.5 Å². The van der Waals surface area contributed by atoms with Gasteiger partial charge in [0.05, 0.1) is 5.75 Å². The number of nitrogens with zero attached hydrogens (tertiary/aromatic N) is 3. The van der Waals surface area contributed by atoms with E-state index in [2.05, 4.69) is 67.9 Å². The van der Waals surface area contributed by atoms with Crippen LogP contribution in [0.25, 0.3) is 10.8 Å². The Labute approximate surface area is 206 Å². The molecule has 0 saturated carbocycles. The van der Waals surface area contributed by atoms with Gasteiger partial charge in [0.15, 0.2) is 5.16 Å². The predicted octanol–water partition coefficient (Wildman–Crippen LogP) is 6.06. The zero-order chi connectivity index (χ0) is 23.2. The monoisotopic (exact) mass is 484 g/mol. The summed E-state index contributed by atoms with van der Waals surface area (Å²) in [6.45, 7) is 0.770. The topological polar surface area (TPSA) is 59.8 Å². The minimum Gasteiger partial charge on any atom is -0.325 e. The molecule has 0 radical (unpaired) electrons. The summed E-state index contributed by atoms with van der Waals surface area (Å²) in [7, 11) is 0. The third-order valence-electron chi connectivity index (χ3n) is 5.54. The predicted molar refractivity (Wildman–Crippen MR) is 141 cm³/mol. The fourth-order valence-corrected chi connectivity index (χ4v) is 5.31. The normalized spacial score (nSPS) is 11.1. The molecule has 2 aromatic heterocycles. The van der Waals surface area contributed by atoms with E-state index in [9.17, 15) is 4.79 Å². The number of aromatic nitrogens is 3. The summed E-state index contributed by atoms with van der Waals surface area (Å²) in [5.41, 5.74) is 2.07. The van der Waals surface area contributed by atoms with Crippen molar-refractivity contribution in [2.24, 2.45) is 0 Å². The van der Waals surface area contributed by atoms with Crippen LogP contribution in [-0.2, 0) is 24.2 Å². The van der Waals surface area contributed by atoms with Crippen molar-refractivity contribution in [1.29, 1.82) is 0 Å². The van der Waals surface area contributed by atoms with Crippen molar-refractivity contribution in [2.75, 3.05) is 11.1 Å². The van der Waals surface area contributed by atoms with Gasteiger partial charge in [0.1, 0.15) is 5.82 Å². The molecule has 0 aliphatic rings. The van der Waals surface area contributed by atoms with Crippen LogP contribution in [0.4, 0.5) is 5.69 Å². The van der Waals surface area contributed by atoms with E-state index >= 15 is 0 Å². The highest BCUT2D eigenvalue weighted by molar-refractivity contribution is 7.99. The smallest absolute Gasteiger partial charge is 0.234 e. The van der Waals surface area contributed by atoms with E-state index in [4.69, 9.17) is 0 Å². The van der Waals surface area contributed by atoms with Crippen LogP contribution in [-0.4, -0.2) is 26.4 Å². The molecule has 1 N–H and O–H groups in total. The van der Waals surface area contributed by atoms with E-state index in [1.165, 1.54) is 22.2 Å². The fraction of sp³-hybridized carbons (Fsp3) is 0.148. The number of thioether (sulfide) groups is 1. The molecule has 1 amide bonds. The maximum absolute atomic E-state index is 12.7. The number of amides is 1. The molecule has 0 fully saturated rings. The van der Waals surface area contributed by atoms with E-state index in [0.717, 1.165) is 46.8 Å². The summed E-state index contributed by atoms with van der Waals surface area (Å²) >= 11 is 3.15. The maximum Gasteiger partial charge on any atom is 0.234 e. The van der Waals surface area contributed by atoms with E-state index in [1.807, 2.05) is 42.5 Å². The molecular formula is C27H24N4OS2. The van der Waals surface area contributed by atoms with Gasteiger partial charge in [0, 0.05) is 23.5 Å². The maximum atomic E-state index is 12.7. The lowest BCUT2D eigenvalue weighted by Crippen LogP contribution is -2.15. The third-order valence-corrected chi connectivity index (χ3v) is 7.38. The molecule has 0 bridgehead atoms. The molecular weight excluding hydrogens is 460 g/mol. The van der Waals surface area contributed by atoms with Gasteiger partial charge in [-0.1, -0.05) is 78.5 Å². The van der Waals surface area contributed by atoms with Gasteiger partial charge in [0.25, 0.3) is 0 Å². The van der Waals surface area contributed by atoms with Gasteiger partial charge >= 0.3 is 0 Å². The molecule has 0 atom stereocenters. The standard InChI is InChI=1S/C27H24N4OS2/c32-26(28-23-13-12-21-9-4-5-10-22(21)17-23)19-34-27-30-29-25(18-24-11-6-16-33-24)31(27)15-14-20-7-2-1-3-8-20/h1-13,16-17H,14-15,18-19H2,(H,28,32). The number of carbonyl (C=O) groups excluding carboxylic acids is 1. The SMILES string of the molecule is O=C(CSc1nnc(Cc2cccs2)n1CCc1ccccc1)Nc1ccc2ccccc2c1. The van der Waals surface area contributed by atoms with Crippen molar-refractivity contribution in [3.05, 3.63) is 107 Å². The van der Waals surface area contributed by atoms with Gasteiger partial charge in [-0.3, -0.25) is 4.79 Å². The Hall–Kier alpha value is -3.42.